The molecular weight excluding hydrogens is 136 g/mol. The molecule has 10 heavy (non-hydrogen) atoms. The summed E-state index contributed by atoms with van der Waals surface area (Å²) in [6, 6.07) is 0. The van der Waals surface area contributed by atoms with Gasteiger partial charge in [-0.15, -0.1) is 0 Å². The summed E-state index contributed by atoms with van der Waals surface area (Å²) in [6.07, 6.45) is -0.918. The van der Waals surface area contributed by atoms with Gasteiger partial charge in [0.1, 0.15) is 6.61 Å². The Balaban J connectivity index is 2.98. The predicted molar refractivity (Wildman–Crippen MR) is 35.2 cm³/mol. The van der Waals surface area contributed by atoms with E-state index in [0.717, 1.165) is 0 Å². The van der Waals surface area contributed by atoms with Crippen molar-refractivity contribution in [3.05, 3.63) is 0 Å². The summed E-state index contributed by atoms with van der Waals surface area (Å²) in [5.74, 6) is 0. The molecule has 60 valence electrons. The second-order valence-corrected chi connectivity index (χ2v) is 2.03. The number of primary amides is 1. The van der Waals surface area contributed by atoms with Crippen LogP contribution in [-0.2, 0) is 9.78 Å². The number of carbonyl (C=O) groups is 1. The SMILES string of the molecule is CN(C)CCOOC(N)=O. The van der Waals surface area contributed by atoms with Gasteiger partial charge in [0.15, 0.2) is 0 Å². The van der Waals surface area contributed by atoms with Gasteiger partial charge in [0, 0.05) is 6.54 Å². The van der Waals surface area contributed by atoms with Crippen molar-refractivity contribution in [3.8, 4) is 0 Å². The maximum absolute atomic E-state index is 9.91. The van der Waals surface area contributed by atoms with Gasteiger partial charge in [-0.1, -0.05) is 0 Å². The fourth-order valence-electron chi connectivity index (χ4n) is 0.320. The zero-order valence-electron chi connectivity index (χ0n) is 6.16. The molecule has 0 spiro atoms. The van der Waals surface area contributed by atoms with E-state index in [-0.39, 0.29) is 0 Å². The van der Waals surface area contributed by atoms with Crippen LogP contribution in [0.5, 0.6) is 0 Å². The van der Waals surface area contributed by atoms with E-state index in [4.69, 9.17) is 0 Å². The molecule has 2 N–H and O–H groups in total. The number of amides is 1. The van der Waals surface area contributed by atoms with Crippen LogP contribution in [0.4, 0.5) is 4.79 Å². The summed E-state index contributed by atoms with van der Waals surface area (Å²) < 4.78 is 0. The van der Waals surface area contributed by atoms with Crippen molar-refractivity contribution in [2.75, 3.05) is 27.2 Å². The standard InChI is InChI=1S/C5H12N2O3/c1-7(2)3-4-9-10-5(6)8/h3-4H2,1-2H3,(H2,6,8). The highest BCUT2D eigenvalue weighted by atomic mass is 17.2. The first kappa shape index (κ1) is 9.19. The largest absolute Gasteiger partial charge is 0.436 e. The van der Waals surface area contributed by atoms with Crippen molar-refractivity contribution in [3.63, 3.8) is 0 Å². The zero-order chi connectivity index (χ0) is 7.98. The van der Waals surface area contributed by atoms with Crippen LogP contribution in [0.3, 0.4) is 0 Å². The van der Waals surface area contributed by atoms with Crippen molar-refractivity contribution in [2.45, 2.75) is 0 Å². The molecule has 0 aromatic carbocycles. The quantitative estimate of drug-likeness (QED) is 0.334. The van der Waals surface area contributed by atoms with Crippen LogP contribution in [-0.4, -0.2) is 38.2 Å². The fraction of sp³-hybridized carbons (Fsp3) is 0.800. The van der Waals surface area contributed by atoms with Crippen LogP contribution >= 0.6 is 0 Å². The fourth-order valence-corrected chi connectivity index (χ4v) is 0.320. The Hall–Kier alpha value is -0.810. The number of hydrogen-bond acceptors (Lipinski definition) is 4. The minimum absolute atomic E-state index is 0.329. The maximum Gasteiger partial charge on any atom is 0.436 e. The van der Waals surface area contributed by atoms with Gasteiger partial charge >= 0.3 is 6.09 Å². The molecule has 5 heteroatoms. The molecule has 0 bridgehead atoms. The van der Waals surface area contributed by atoms with Gasteiger partial charge in [-0.05, 0) is 14.1 Å². The molecule has 0 aromatic heterocycles. The summed E-state index contributed by atoms with van der Waals surface area (Å²) in [6.45, 7) is 1.02. The topological polar surface area (TPSA) is 64.8 Å². The lowest BCUT2D eigenvalue weighted by molar-refractivity contribution is -0.237. The molecule has 0 saturated heterocycles. The highest BCUT2D eigenvalue weighted by Gasteiger charge is 1.94. The molecular formula is C5H12N2O3. The molecule has 0 rings (SSSR count). The number of likely N-dealkylation sites (N-methyl/N-ethyl adjacent to an activating group) is 1. The lowest BCUT2D eigenvalue weighted by Crippen LogP contribution is -2.20. The van der Waals surface area contributed by atoms with Gasteiger partial charge in [-0.25, -0.2) is 4.79 Å². The van der Waals surface area contributed by atoms with Crippen LogP contribution in [0.15, 0.2) is 0 Å². The molecule has 0 aliphatic heterocycles. The van der Waals surface area contributed by atoms with E-state index in [0.29, 0.717) is 13.2 Å². The second-order valence-electron chi connectivity index (χ2n) is 2.03. The summed E-state index contributed by atoms with van der Waals surface area (Å²) in [4.78, 5) is 20.2. The average molecular weight is 148 g/mol. The predicted octanol–water partition coefficient (Wildman–Crippen LogP) is -0.425. The molecule has 0 saturated carbocycles. The Kier molecular flexibility index (Phi) is 4.61. The molecule has 0 unspecified atom stereocenters. The molecule has 0 aromatic rings. The van der Waals surface area contributed by atoms with Gasteiger partial charge in [-0.2, -0.15) is 4.89 Å². The molecule has 1 amide bonds. The van der Waals surface area contributed by atoms with E-state index >= 15 is 0 Å². The van der Waals surface area contributed by atoms with E-state index < -0.39 is 6.09 Å². The Morgan fingerprint density at radius 2 is 2.20 bits per heavy atom. The highest BCUT2D eigenvalue weighted by Crippen LogP contribution is 1.79. The average Bonchev–Trinajstić information content (AvgIpc) is 1.79. The van der Waals surface area contributed by atoms with E-state index in [1.807, 2.05) is 19.0 Å². The van der Waals surface area contributed by atoms with E-state index in [9.17, 15) is 4.79 Å². The lowest BCUT2D eigenvalue weighted by Gasteiger charge is -2.07. The Bertz CT molecular complexity index is 105. The van der Waals surface area contributed by atoms with Crippen molar-refractivity contribution in [2.24, 2.45) is 5.73 Å². The first-order valence-electron chi connectivity index (χ1n) is 2.86. The maximum atomic E-state index is 9.91. The van der Waals surface area contributed by atoms with Crippen LogP contribution in [0.25, 0.3) is 0 Å². The zero-order valence-corrected chi connectivity index (χ0v) is 6.16. The highest BCUT2D eigenvalue weighted by molar-refractivity contribution is 5.63. The van der Waals surface area contributed by atoms with Crippen LogP contribution in [0, 0.1) is 0 Å². The number of hydrogen-bond donors (Lipinski definition) is 1. The van der Waals surface area contributed by atoms with Crippen LogP contribution in [0.1, 0.15) is 0 Å². The summed E-state index contributed by atoms with van der Waals surface area (Å²) in [5.41, 5.74) is 4.61. The number of carbonyl (C=O) groups excluding carboxylic acids is 1. The smallest absolute Gasteiger partial charge is 0.333 e. The Morgan fingerprint density at radius 1 is 1.60 bits per heavy atom. The van der Waals surface area contributed by atoms with Gasteiger partial charge in [0.05, 0.1) is 0 Å². The van der Waals surface area contributed by atoms with E-state index in [1.54, 1.807) is 0 Å². The Morgan fingerprint density at radius 3 is 2.60 bits per heavy atom. The third-order valence-electron chi connectivity index (χ3n) is 0.763. The second kappa shape index (κ2) is 5.01. The molecule has 0 heterocycles. The first-order valence-corrected chi connectivity index (χ1v) is 2.86. The minimum atomic E-state index is -0.918. The third kappa shape index (κ3) is 7.19. The summed E-state index contributed by atoms with van der Waals surface area (Å²) in [5, 5.41) is 0. The molecule has 0 radical (unpaired) electrons. The molecule has 0 aliphatic rings. The van der Waals surface area contributed by atoms with E-state index in [1.165, 1.54) is 0 Å². The molecule has 0 atom stereocenters. The van der Waals surface area contributed by atoms with Gasteiger partial charge < -0.3 is 10.6 Å². The van der Waals surface area contributed by atoms with Gasteiger partial charge in [0.2, 0.25) is 0 Å². The molecule has 0 fully saturated rings. The van der Waals surface area contributed by atoms with Gasteiger partial charge in [-0.3, -0.25) is 4.89 Å². The normalized spacial score (nSPS) is 9.90. The monoisotopic (exact) mass is 148 g/mol. The molecule has 5 nitrogen and oxygen atoms in total. The number of nitrogens with zero attached hydrogens (tertiary/aromatic N) is 1. The Labute approximate surface area is 59.6 Å². The van der Waals surface area contributed by atoms with E-state index in [2.05, 4.69) is 15.5 Å². The first-order chi connectivity index (χ1) is 4.63. The van der Waals surface area contributed by atoms with Crippen molar-refractivity contribution in [1.29, 1.82) is 0 Å². The third-order valence-corrected chi connectivity index (χ3v) is 0.763. The van der Waals surface area contributed by atoms with Crippen LogP contribution < -0.4 is 5.73 Å². The number of rotatable bonds is 4. The van der Waals surface area contributed by atoms with Crippen LogP contribution in [0.2, 0.25) is 0 Å². The van der Waals surface area contributed by atoms with Crippen molar-refractivity contribution >= 4 is 6.09 Å². The molecule has 0 aliphatic carbocycles. The van der Waals surface area contributed by atoms with Crippen molar-refractivity contribution < 1.29 is 14.6 Å². The number of nitrogens with two attached hydrogens (primary N) is 1. The summed E-state index contributed by atoms with van der Waals surface area (Å²) in [7, 11) is 3.77. The minimum Gasteiger partial charge on any atom is -0.333 e. The lowest BCUT2D eigenvalue weighted by atomic mass is 10.6. The van der Waals surface area contributed by atoms with Crippen molar-refractivity contribution in [1.82, 2.24) is 4.90 Å². The van der Waals surface area contributed by atoms with Gasteiger partial charge in [0.25, 0.3) is 0 Å². The summed E-state index contributed by atoms with van der Waals surface area (Å²) >= 11 is 0.